The number of para-hydroxylation sites is 1. The molecule has 0 radical (unpaired) electrons. The van der Waals surface area contributed by atoms with Crippen LogP contribution >= 0.6 is 0 Å². The van der Waals surface area contributed by atoms with Gasteiger partial charge in [0, 0.05) is 24.7 Å². The summed E-state index contributed by atoms with van der Waals surface area (Å²) in [5.74, 6) is 0.105. The van der Waals surface area contributed by atoms with Gasteiger partial charge in [-0.3, -0.25) is 4.79 Å². The van der Waals surface area contributed by atoms with Crippen LogP contribution in [0.3, 0.4) is 0 Å². The summed E-state index contributed by atoms with van der Waals surface area (Å²) in [5, 5.41) is 5.92. The second-order valence-corrected chi connectivity index (χ2v) is 6.30. The Bertz CT molecular complexity index is 561. The molecule has 1 saturated heterocycles. The van der Waals surface area contributed by atoms with E-state index in [4.69, 9.17) is 0 Å². The van der Waals surface area contributed by atoms with Gasteiger partial charge in [-0.05, 0) is 37.8 Å². The molecule has 5 nitrogen and oxygen atoms in total. The second-order valence-electron chi connectivity index (χ2n) is 6.30. The summed E-state index contributed by atoms with van der Waals surface area (Å²) in [5.41, 5.74) is 3.16. The number of benzene rings is 1. The van der Waals surface area contributed by atoms with E-state index in [0.29, 0.717) is 13.0 Å². The van der Waals surface area contributed by atoms with Gasteiger partial charge in [-0.2, -0.15) is 0 Å². The molecule has 1 aromatic carbocycles. The van der Waals surface area contributed by atoms with Crippen LogP contribution in [0, 0.1) is 0 Å². The van der Waals surface area contributed by atoms with Crippen molar-refractivity contribution in [1.82, 2.24) is 10.2 Å². The summed E-state index contributed by atoms with van der Waals surface area (Å²) in [4.78, 5) is 26.1. The number of hydrogen-bond acceptors (Lipinski definition) is 2. The first kappa shape index (κ1) is 17.3. The Labute approximate surface area is 138 Å². The molecule has 23 heavy (non-hydrogen) atoms. The molecule has 1 heterocycles. The fourth-order valence-electron chi connectivity index (χ4n) is 3.07. The van der Waals surface area contributed by atoms with E-state index < -0.39 is 0 Å². The number of carbonyl (C=O) groups is 2. The zero-order chi connectivity index (χ0) is 17.0. The Morgan fingerprint density at radius 3 is 2.35 bits per heavy atom. The normalized spacial score (nSPS) is 17.7. The van der Waals surface area contributed by atoms with E-state index in [1.807, 2.05) is 36.9 Å². The summed E-state index contributed by atoms with van der Waals surface area (Å²) < 4.78 is 0. The Balaban J connectivity index is 2.02. The molecule has 3 amide bonds. The minimum absolute atomic E-state index is 0.105. The molecule has 126 valence electrons. The minimum Gasteiger partial charge on any atom is -0.338 e. The van der Waals surface area contributed by atoms with Gasteiger partial charge in [-0.25, -0.2) is 4.79 Å². The predicted molar refractivity (Wildman–Crippen MR) is 92.6 cm³/mol. The van der Waals surface area contributed by atoms with Crippen LogP contribution < -0.4 is 10.6 Å². The average Bonchev–Trinajstić information content (AvgIpc) is 2.88. The van der Waals surface area contributed by atoms with Gasteiger partial charge in [0.25, 0.3) is 0 Å². The number of anilines is 1. The number of amides is 3. The molecule has 0 saturated carbocycles. The second kappa shape index (κ2) is 7.49. The molecule has 0 bridgehead atoms. The van der Waals surface area contributed by atoms with Crippen LogP contribution in [0.15, 0.2) is 18.2 Å². The summed E-state index contributed by atoms with van der Waals surface area (Å²) in [6.45, 7) is 8.72. The third-order valence-corrected chi connectivity index (χ3v) is 4.35. The third kappa shape index (κ3) is 4.03. The number of urea groups is 1. The number of nitrogens with one attached hydrogen (secondary N) is 2. The smallest absolute Gasteiger partial charge is 0.319 e. The molecule has 0 aliphatic carbocycles. The molecule has 1 fully saturated rings. The molecule has 1 unspecified atom stereocenters. The van der Waals surface area contributed by atoms with Crippen molar-refractivity contribution >= 4 is 17.6 Å². The third-order valence-electron chi connectivity index (χ3n) is 4.35. The lowest BCUT2D eigenvalue weighted by atomic mass is 10.0. The van der Waals surface area contributed by atoms with Crippen LogP contribution in [0.5, 0.6) is 0 Å². The first-order valence-electron chi connectivity index (χ1n) is 8.44. The van der Waals surface area contributed by atoms with Gasteiger partial charge in [0.15, 0.2) is 0 Å². The minimum atomic E-state index is -0.232. The molecule has 5 heteroatoms. The molecule has 1 atom stereocenters. The molecule has 1 aliphatic heterocycles. The SMILES string of the molecule is CCc1cccc(CC)c1NC(=O)NC1CC(=O)N(C(C)C)C1. The first-order chi connectivity index (χ1) is 11.0. The average molecular weight is 317 g/mol. The highest BCUT2D eigenvalue weighted by atomic mass is 16.2. The van der Waals surface area contributed by atoms with Crippen molar-refractivity contribution in [3.63, 3.8) is 0 Å². The van der Waals surface area contributed by atoms with Crippen LogP contribution in [0.4, 0.5) is 10.5 Å². The van der Waals surface area contributed by atoms with Crippen molar-refractivity contribution in [3.05, 3.63) is 29.3 Å². The molecule has 0 aromatic heterocycles. The summed E-state index contributed by atoms with van der Waals surface area (Å²) in [6, 6.07) is 5.91. The van der Waals surface area contributed by atoms with E-state index in [0.717, 1.165) is 29.7 Å². The van der Waals surface area contributed by atoms with Crippen LogP contribution in [0.1, 0.15) is 45.2 Å². The maximum atomic E-state index is 12.3. The Hall–Kier alpha value is -2.04. The number of rotatable bonds is 5. The van der Waals surface area contributed by atoms with Gasteiger partial charge in [-0.15, -0.1) is 0 Å². The van der Waals surface area contributed by atoms with Crippen LogP contribution in [-0.4, -0.2) is 35.5 Å². The fraction of sp³-hybridized carbons (Fsp3) is 0.556. The van der Waals surface area contributed by atoms with E-state index in [1.54, 1.807) is 0 Å². The largest absolute Gasteiger partial charge is 0.338 e. The summed E-state index contributed by atoms with van der Waals surface area (Å²) >= 11 is 0. The van der Waals surface area contributed by atoms with Gasteiger partial charge in [0.1, 0.15) is 0 Å². The molecule has 1 aliphatic rings. The number of nitrogens with zero attached hydrogens (tertiary/aromatic N) is 1. The van der Waals surface area contributed by atoms with Crippen molar-refractivity contribution in [2.75, 3.05) is 11.9 Å². The van der Waals surface area contributed by atoms with E-state index >= 15 is 0 Å². The monoisotopic (exact) mass is 317 g/mol. The zero-order valence-corrected chi connectivity index (χ0v) is 14.5. The standard InChI is InChI=1S/C18H27N3O2/c1-5-13-8-7-9-14(6-2)17(13)20-18(23)19-15-10-16(22)21(11-15)12(3)4/h7-9,12,15H,5-6,10-11H2,1-4H3,(H2,19,20,23). The zero-order valence-electron chi connectivity index (χ0n) is 14.5. The van der Waals surface area contributed by atoms with Crippen molar-refractivity contribution in [3.8, 4) is 0 Å². The summed E-state index contributed by atoms with van der Waals surface area (Å²) in [7, 11) is 0. The highest BCUT2D eigenvalue weighted by Crippen LogP contribution is 2.22. The summed E-state index contributed by atoms with van der Waals surface area (Å²) in [6.07, 6.45) is 2.11. The van der Waals surface area contributed by atoms with Crippen molar-refractivity contribution in [2.24, 2.45) is 0 Å². The van der Waals surface area contributed by atoms with Gasteiger partial charge < -0.3 is 15.5 Å². The first-order valence-corrected chi connectivity index (χ1v) is 8.44. The van der Waals surface area contributed by atoms with Gasteiger partial charge in [-0.1, -0.05) is 32.0 Å². The predicted octanol–water partition coefficient (Wildman–Crippen LogP) is 2.94. The highest BCUT2D eigenvalue weighted by Gasteiger charge is 2.32. The topological polar surface area (TPSA) is 61.4 Å². The number of aryl methyl sites for hydroxylation is 2. The quantitative estimate of drug-likeness (QED) is 0.877. The molecular weight excluding hydrogens is 290 g/mol. The van der Waals surface area contributed by atoms with E-state index in [1.165, 1.54) is 0 Å². The Kier molecular flexibility index (Phi) is 5.64. The lowest BCUT2D eigenvalue weighted by Gasteiger charge is -2.21. The van der Waals surface area contributed by atoms with E-state index in [-0.39, 0.29) is 24.0 Å². The Morgan fingerprint density at radius 1 is 1.26 bits per heavy atom. The van der Waals surface area contributed by atoms with E-state index in [9.17, 15) is 9.59 Å². The number of hydrogen-bond donors (Lipinski definition) is 2. The molecule has 2 N–H and O–H groups in total. The number of likely N-dealkylation sites (tertiary alicyclic amines) is 1. The fourth-order valence-corrected chi connectivity index (χ4v) is 3.07. The van der Waals surface area contributed by atoms with Gasteiger partial charge in [0.2, 0.25) is 5.91 Å². The van der Waals surface area contributed by atoms with Crippen molar-refractivity contribution in [1.29, 1.82) is 0 Å². The highest BCUT2D eigenvalue weighted by molar-refractivity contribution is 5.92. The molecule has 1 aromatic rings. The maximum Gasteiger partial charge on any atom is 0.319 e. The molecule has 2 rings (SSSR count). The van der Waals surface area contributed by atoms with E-state index in [2.05, 4.69) is 24.5 Å². The van der Waals surface area contributed by atoms with Crippen LogP contribution in [0.2, 0.25) is 0 Å². The van der Waals surface area contributed by atoms with Gasteiger partial charge in [0.05, 0.1) is 6.04 Å². The Morgan fingerprint density at radius 2 is 1.87 bits per heavy atom. The van der Waals surface area contributed by atoms with Crippen molar-refractivity contribution < 1.29 is 9.59 Å². The van der Waals surface area contributed by atoms with Gasteiger partial charge >= 0.3 is 6.03 Å². The molecule has 0 spiro atoms. The maximum absolute atomic E-state index is 12.3. The lowest BCUT2D eigenvalue weighted by molar-refractivity contribution is -0.129. The van der Waals surface area contributed by atoms with Crippen molar-refractivity contribution in [2.45, 2.75) is 59.0 Å². The lowest BCUT2D eigenvalue weighted by Crippen LogP contribution is -2.41. The van der Waals surface area contributed by atoms with Crippen LogP contribution in [-0.2, 0) is 17.6 Å². The molecular formula is C18H27N3O2. The van der Waals surface area contributed by atoms with Crippen LogP contribution in [0.25, 0.3) is 0 Å². The number of carbonyl (C=O) groups excluding carboxylic acids is 2.